The van der Waals surface area contributed by atoms with E-state index in [1.54, 1.807) is 46.2 Å². The Labute approximate surface area is 194 Å². The van der Waals surface area contributed by atoms with Crippen LogP contribution in [0.3, 0.4) is 0 Å². The zero-order chi connectivity index (χ0) is 23.3. The Hall–Kier alpha value is -2.86. The molecule has 1 N–H and O–H groups in total. The van der Waals surface area contributed by atoms with E-state index in [2.05, 4.69) is 5.32 Å². The van der Waals surface area contributed by atoms with E-state index < -0.39 is 6.04 Å². The lowest BCUT2D eigenvalue weighted by Gasteiger charge is -2.41. The van der Waals surface area contributed by atoms with E-state index in [1.807, 2.05) is 39.0 Å². The van der Waals surface area contributed by atoms with Gasteiger partial charge in [-0.25, -0.2) is 0 Å². The molecule has 7 heteroatoms. The van der Waals surface area contributed by atoms with Gasteiger partial charge in [0.25, 0.3) is 11.8 Å². The van der Waals surface area contributed by atoms with Gasteiger partial charge in [0.15, 0.2) is 0 Å². The fourth-order valence-electron chi connectivity index (χ4n) is 3.95. The lowest BCUT2D eigenvalue weighted by atomic mass is 9.96. The molecule has 2 aromatic rings. The van der Waals surface area contributed by atoms with Crippen LogP contribution in [0.1, 0.15) is 47.9 Å². The normalized spacial score (nSPS) is 18.1. The highest BCUT2D eigenvalue weighted by molar-refractivity contribution is 6.33. The van der Waals surface area contributed by atoms with Gasteiger partial charge in [-0.1, -0.05) is 62.2 Å². The number of hydrogen-bond donors (Lipinski definition) is 1. The summed E-state index contributed by atoms with van der Waals surface area (Å²) in [4.78, 5) is 42.7. The molecule has 3 atom stereocenters. The fraction of sp³-hybridized carbons (Fsp3) is 0.400. The van der Waals surface area contributed by atoms with Crippen molar-refractivity contribution in [2.24, 2.45) is 5.92 Å². The number of rotatable bonds is 6. The first-order valence-electron chi connectivity index (χ1n) is 11.0. The van der Waals surface area contributed by atoms with Crippen LogP contribution in [0.25, 0.3) is 0 Å². The van der Waals surface area contributed by atoms with Crippen molar-refractivity contribution in [3.05, 3.63) is 70.7 Å². The Bertz CT molecular complexity index is 966. The first kappa shape index (κ1) is 23.8. The third kappa shape index (κ3) is 5.30. The van der Waals surface area contributed by atoms with Crippen molar-refractivity contribution in [2.75, 3.05) is 19.6 Å². The van der Waals surface area contributed by atoms with Gasteiger partial charge in [-0.3, -0.25) is 14.4 Å². The summed E-state index contributed by atoms with van der Waals surface area (Å²) >= 11 is 6.17. The number of carbonyl (C=O) groups excluding carboxylic acids is 3. The quantitative estimate of drug-likeness (QED) is 0.719. The summed E-state index contributed by atoms with van der Waals surface area (Å²) in [5.41, 5.74) is 0.991. The number of piperazine rings is 1. The van der Waals surface area contributed by atoms with Crippen LogP contribution in [0.15, 0.2) is 54.6 Å². The molecule has 1 aliphatic heterocycles. The molecule has 6 nitrogen and oxygen atoms in total. The molecule has 1 heterocycles. The number of halogens is 1. The minimum Gasteiger partial charge on any atom is -0.340 e. The Morgan fingerprint density at radius 3 is 2.34 bits per heavy atom. The molecule has 0 spiro atoms. The maximum absolute atomic E-state index is 13.4. The molecule has 3 unspecified atom stereocenters. The molecule has 32 heavy (non-hydrogen) atoms. The van der Waals surface area contributed by atoms with Gasteiger partial charge in [-0.15, -0.1) is 0 Å². The summed E-state index contributed by atoms with van der Waals surface area (Å²) in [5, 5.41) is 3.25. The molecule has 0 aliphatic carbocycles. The average Bonchev–Trinajstić information content (AvgIpc) is 2.81. The Morgan fingerprint density at radius 2 is 1.72 bits per heavy atom. The lowest BCUT2D eigenvalue weighted by Crippen LogP contribution is -2.60. The first-order chi connectivity index (χ1) is 15.3. The number of carbonyl (C=O) groups is 3. The Morgan fingerprint density at radius 1 is 1.06 bits per heavy atom. The second-order valence-corrected chi connectivity index (χ2v) is 8.72. The van der Waals surface area contributed by atoms with Crippen LogP contribution >= 0.6 is 11.6 Å². The highest BCUT2D eigenvalue weighted by Gasteiger charge is 2.35. The third-order valence-corrected chi connectivity index (χ3v) is 6.43. The van der Waals surface area contributed by atoms with E-state index in [9.17, 15) is 14.4 Å². The molecular formula is C25H30ClN3O3. The van der Waals surface area contributed by atoms with Crippen molar-refractivity contribution >= 4 is 29.3 Å². The summed E-state index contributed by atoms with van der Waals surface area (Å²) < 4.78 is 0. The van der Waals surface area contributed by atoms with E-state index >= 15 is 0 Å². The fourth-order valence-corrected chi connectivity index (χ4v) is 4.17. The van der Waals surface area contributed by atoms with Crippen molar-refractivity contribution in [1.82, 2.24) is 15.1 Å². The lowest BCUT2D eigenvalue weighted by molar-refractivity contribution is -0.137. The maximum Gasteiger partial charge on any atom is 0.254 e. The molecule has 2 aromatic carbocycles. The number of nitrogens with zero attached hydrogens (tertiary/aromatic N) is 2. The molecule has 3 amide bonds. The van der Waals surface area contributed by atoms with Crippen LogP contribution < -0.4 is 5.32 Å². The van der Waals surface area contributed by atoms with Crippen LogP contribution in [0.5, 0.6) is 0 Å². The number of benzene rings is 2. The smallest absolute Gasteiger partial charge is 0.254 e. The zero-order valence-corrected chi connectivity index (χ0v) is 19.5. The van der Waals surface area contributed by atoms with Crippen molar-refractivity contribution < 1.29 is 14.4 Å². The summed E-state index contributed by atoms with van der Waals surface area (Å²) in [6, 6.07) is 15.2. The highest BCUT2D eigenvalue weighted by Crippen LogP contribution is 2.20. The first-order valence-corrected chi connectivity index (χ1v) is 11.4. The van der Waals surface area contributed by atoms with Crippen molar-refractivity contribution in [1.29, 1.82) is 0 Å². The molecule has 0 aromatic heterocycles. The highest BCUT2D eigenvalue weighted by atomic mass is 35.5. The van der Waals surface area contributed by atoms with E-state index in [1.165, 1.54) is 0 Å². The number of nitrogens with one attached hydrogen (secondary N) is 1. The summed E-state index contributed by atoms with van der Waals surface area (Å²) in [6.45, 7) is 7.19. The van der Waals surface area contributed by atoms with Gasteiger partial charge < -0.3 is 15.1 Å². The van der Waals surface area contributed by atoms with Gasteiger partial charge >= 0.3 is 0 Å². The SMILES string of the molecule is CCC(C)C(NC(=O)c1ccccc1Cl)C(=O)N1CCN(C(=O)c2ccccc2)C(C)C1. The van der Waals surface area contributed by atoms with Crippen LogP contribution in [-0.2, 0) is 4.79 Å². The Kier molecular flexibility index (Phi) is 7.91. The third-order valence-electron chi connectivity index (χ3n) is 6.10. The van der Waals surface area contributed by atoms with Crippen LogP contribution in [0, 0.1) is 5.92 Å². The Balaban J connectivity index is 1.70. The molecule has 0 bridgehead atoms. The van der Waals surface area contributed by atoms with Crippen molar-refractivity contribution in [3.8, 4) is 0 Å². The van der Waals surface area contributed by atoms with Gasteiger partial charge in [0.2, 0.25) is 5.91 Å². The van der Waals surface area contributed by atoms with Gasteiger partial charge in [0.05, 0.1) is 10.6 Å². The molecule has 0 radical (unpaired) electrons. The van der Waals surface area contributed by atoms with Gasteiger partial charge in [-0.2, -0.15) is 0 Å². The minimum atomic E-state index is -0.660. The van der Waals surface area contributed by atoms with E-state index in [-0.39, 0.29) is 29.7 Å². The summed E-state index contributed by atoms with van der Waals surface area (Å²) in [5.74, 6) is -0.567. The molecule has 1 fully saturated rings. The van der Waals surface area contributed by atoms with Crippen molar-refractivity contribution in [3.63, 3.8) is 0 Å². The molecular weight excluding hydrogens is 426 g/mol. The number of amides is 3. The topological polar surface area (TPSA) is 69.7 Å². The standard InChI is InChI=1S/C25H30ClN3O3/c1-4-17(2)22(27-23(30)20-12-8-9-13-21(20)26)25(32)28-14-15-29(18(3)16-28)24(31)19-10-6-5-7-11-19/h5-13,17-18,22H,4,14-16H2,1-3H3,(H,27,30). The minimum absolute atomic E-state index is 0.0318. The maximum atomic E-state index is 13.4. The second kappa shape index (κ2) is 10.6. The second-order valence-electron chi connectivity index (χ2n) is 8.31. The molecule has 1 saturated heterocycles. The van der Waals surface area contributed by atoms with Crippen LogP contribution in [0.2, 0.25) is 5.02 Å². The largest absolute Gasteiger partial charge is 0.340 e. The van der Waals surface area contributed by atoms with E-state index in [0.717, 1.165) is 6.42 Å². The zero-order valence-electron chi connectivity index (χ0n) is 18.8. The predicted molar refractivity (Wildman–Crippen MR) is 126 cm³/mol. The van der Waals surface area contributed by atoms with Crippen LogP contribution in [0.4, 0.5) is 0 Å². The van der Waals surface area contributed by atoms with E-state index in [0.29, 0.717) is 35.8 Å². The average molecular weight is 456 g/mol. The van der Waals surface area contributed by atoms with Crippen LogP contribution in [-0.4, -0.2) is 59.2 Å². The van der Waals surface area contributed by atoms with E-state index in [4.69, 9.17) is 11.6 Å². The van der Waals surface area contributed by atoms with Gasteiger partial charge in [-0.05, 0) is 37.1 Å². The van der Waals surface area contributed by atoms with Gasteiger partial charge in [0, 0.05) is 31.2 Å². The predicted octanol–water partition coefficient (Wildman–Crippen LogP) is 3.86. The summed E-state index contributed by atoms with van der Waals surface area (Å²) in [7, 11) is 0. The van der Waals surface area contributed by atoms with Crippen molar-refractivity contribution in [2.45, 2.75) is 39.3 Å². The summed E-state index contributed by atoms with van der Waals surface area (Å²) in [6.07, 6.45) is 0.737. The monoisotopic (exact) mass is 455 g/mol. The molecule has 170 valence electrons. The molecule has 1 aliphatic rings. The number of hydrogen-bond acceptors (Lipinski definition) is 3. The molecule has 0 saturated carbocycles. The molecule has 3 rings (SSSR count). The van der Waals surface area contributed by atoms with Gasteiger partial charge in [0.1, 0.15) is 6.04 Å².